The van der Waals surface area contributed by atoms with Gasteiger partial charge in [0.15, 0.2) is 0 Å². The molecule has 0 aliphatic rings. The van der Waals surface area contributed by atoms with E-state index in [0.29, 0.717) is 11.0 Å². The number of quaternary nitrogens is 1. The first-order valence-corrected chi connectivity index (χ1v) is 13.3. The monoisotopic (exact) mass is 422 g/mol. The Morgan fingerprint density at radius 1 is 0.714 bits per heavy atom. The number of hydrogen-bond donors (Lipinski definition) is 2. The van der Waals surface area contributed by atoms with Crippen LogP contribution in [0.15, 0.2) is 0 Å². The van der Waals surface area contributed by atoms with Gasteiger partial charge in [0.2, 0.25) is 0 Å². The van der Waals surface area contributed by atoms with Crippen molar-refractivity contribution in [2.45, 2.75) is 110 Å². The predicted molar refractivity (Wildman–Crippen MR) is 119 cm³/mol. The van der Waals surface area contributed by atoms with Gasteiger partial charge in [-0.05, 0) is 25.7 Å². The standard InChI is InChI=1S/C22H47NO4S/c1-4-6-8-10-12-13-15-17-19-23(3,18-16-14-11-9-7-5-2)20-22(24)21-28(25,26)27/h22,24H,4-21H2,1-3H3/p+1. The Hall–Kier alpha value is -0.170. The van der Waals surface area contributed by atoms with Crippen LogP contribution in [0.2, 0.25) is 0 Å². The molecule has 0 rings (SSSR count). The van der Waals surface area contributed by atoms with Gasteiger partial charge in [-0.3, -0.25) is 4.55 Å². The first-order chi connectivity index (χ1) is 13.2. The summed E-state index contributed by atoms with van der Waals surface area (Å²) in [6.07, 6.45) is 16.5. The quantitative estimate of drug-likeness (QED) is 0.161. The Bertz CT molecular complexity index is 455. The van der Waals surface area contributed by atoms with E-state index in [1.165, 1.54) is 77.0 Å². The Balaban J connectivity index is 4.33. The van der Waals surface area contributed by atoms with Crippen molar-refractivity contribution < 1.29 is 22.6 Å². The first kappa shape index (κ1) is 27.8. The van der Waals surface area contributed by atoms with Gasteiger partial charge < -0.3 is 9.59 Å². The summed E-state index contributed by atoms with van der Waals surface area (Å²) in [7, 11) is -2.01. The molecule has 0 aliphatic carbocycles. The molecule has 28 heavy (non-hydrogen) atoms. The van der Waals surface area contributed by atoms with Crippen molar-refractivity contribution >= 4 is 10.1 Å². The molecule has 0 radical (unpaired) electrons. The molecule has 0 fully saturated rings. The highest BCUT2D eigenvalue weighted by Crippen LogP contribution is 2.15. The molecule has 2 N–H and O–H groups in total. The van der Waals surface area contributed by atoms with Gasteiger partial charge in [-0.1, -0.05) is 78.1 Å². The van der Waals surface area contributed by atoms with Crippen LogP contribution in [-0.2, 0) is 10.1 Å². The zero-order valence-electron chi connectivity index (χ0n) is 18.9. The van der Waals surface area contributed by atoms with Crippen molar-refractivity contribution in [1.29, 1.82) is 0 Å². The third-order valence-electron chi connectivity index (χ3n) is 5.66. The average Bonchev–Trinajstić information content (AvgIpc) is 2.58. The number of hydrogen-bond acceptors (Lipinski definition) is 3. The van der Waals surface area contributed by atoms with Crippen LogP contribution in [0.1, 0.15) is 104 Å². The highest BCUT2D eigenvalue weighted by molar-refractivity contribution is 7.85. The molecule has 0 saturated carbocycles. The van der Waals surface area contributed by atoms with Gasteiger partial charge in [-0.25, -0.2) is 0 Å². The fourth-order valence-corrected chi connectivity index (χ4v) is 4.59. The second kappa shape index (κ2) is 16.6. The Labute approximate surface area is 175 Å². The summed E-state index contributed by atoms with van der Waals surface area (Å²) in [6.45, 7) is 6.77. The third kappa shape index (κ3) is 17.9. The van der Waals surface area contributed by atoms with Gasteiger partial charge >= 0.3 is 0 Å². The van der Waals surface area contributed by atoms with E-state index in [1.54, 1.807) is 0 Å². The lowest BCUT2D eigenvalue weighted by atomic mass is 10.1. The van der Waals surface area contributed by atoms with E-state index < -0.39 is 22.0 Å². The minimum absolute atomic E-state index is 0.394. The van der Waals surface area contributed by atoms with E-state index >= 15 is 0 Å². The lowest BCUT2D eigenvalue weighted by molar-refractivity contribution is -0.912. The number of aliphatic hydroxyl groups is 1. The van der Waals surface area contributed by atoms with Crippen molar-refractivity contribution in [1.82, 2.24) is 0 Å². The molecule has 6 heteroatoms. The van der Waals surface area contributed by atoms with Gasteiger partial charge in [0.05, 0.1) is 20.1 Å². The van der Waals surface area contributed by atoms with E-state index in [-0.39, 0.29) is 0 Å². The molecule has 170 valence electrons. The largest absolute Gasteiger partial charge is 0.386 e. The zero-order chi connectivity index (χ0) is 21.3. The van der Waals surface area contributed by atoms with Gasteiger partial charge in [0, 0.05) is 0 Å². The van der Waals surface area contributed by atoms with Crippen molar-refractivity contribution in [2.75, 3.05) is 32.4 Å². The Kier molecular flexibility index (Phi) is 16.5. The summed E-state index contributed by atoms with van der Waals surface area (Å²) < 4.78 is 31.9. The Morgan fingerprint density at radius 3 is 1.43 bits per heavy atom. The van der Waals surface area contributed by atoms with Crippen LogP contribution >= 0.6 is 0 Å². The van der Waals surface area contributed by atoms with Gasteiger partial charge in [0.1, 0.15) is 18.4 Å². The predicted octanol–water partition coefficient (Wildman–Crippen LogP) is 5.18. The van der Waals surface area contributed by atoms with Crippen molar-refractivity contribution in [3.05, 3.63) is 0 Å². The summed E-state index contributed by atoms with van der Waals surface area (Å²) in [4.78, 5) is 0. The van der Waals surface area contributed by atoms with Crippen LogP contribution < -0.4 is 0 Å². The maximum atomic E-state index is 11.1. The van der Waals surface area contributed by atoms with Gasteiger partial charge in [-0.2, -0.15) is 8.42 Å². The Morgan fingerprint density at radius 2 is 1.07 bits per heavy atom. The fraction of sp³-hybridized carbons (Fsp3) is 1.00. The first-order valence-electron chi connectivity index (χ1n) is 11.7. The van der Waals surface area contributed by atoms with Crippen LogP contribution in [0.5, 0.6) is 0 Å². The molecule has 0 saturated heterocycles. The lowest BCUT2D eigenvalue weighted by Crippen LogP contribution is -2.51. The summed E-state index contributed by atoms with van der Waals surface area (Å²) >= 11 is 0. The average molecular weight is 423 g/mol. The molecule has 0 heterocycles. The van der Waals surface area contributed by atoms with Crippen LogP contribution in [-0.4, -0.2) is 61.1 Å². The second-order valence-corrected chi connectivity index (χ2v) is 10.4. The topological polar surface area (TPSA) is 74.6 Å². The van der Waals surface area contributed by atoms with Crippen molar-refractivity contribution in [3.8, 4) is 0 Å². The molecule has 0 aromatic rings. The van der Waals surface area contributed by atoms with Gasteiger partial charge in [-0.15, -0.1) is 0 Å². The molecule has 5 nitrogen and oxygen atoms in total. The molecular formula is C22H48NO4S+. The highest BCUT2D eigenvalue weighted by Gasteiger charge is 2.27. The number of unbranched alkanes of at least 4 members (excludes halogenated alkanes) is 12. The van der Waals surface area contributed by atoms with Gasteiger partial charge in [0.25, 0.3) is 10.1 Å². The van der Waals surface area contributed by atoms with E-state index in [1.807, 2.05) is 0 Å². The summed E-state index contributed by atoms with van der Waals surface area (Å²) in [5, 5.41) is 10.2. The van der Waals surface area contributed by atoms with Crippen molar-refractivity contribution in [2.24, 2.45) is 0 Å². The van der Waals surface area contributed by atoms with Crippen LogP contribution in [0.25, 0.3) is 0 Å². The normalized spacial score (nSPS) is 15.5. The minimum atomic E-state index is -4.13. The number of aliphatic hydroxyl groups excluding tert-OH is 1. The molecule has 0 amide bonds. The van der Waals surface area contributed by atoms with E-state index in [2.05, 4.69) is 20.9 Å². The molecule has 2 atom stereocenters. The van der Waals surface area contributed by atoms with Crippen molar-refractivity contribution in [3.63, 3.8) is 0 Å². The number of likely N-dealkylation sites (N-methyl/N-ethyl adjacent to an activating group) is 1. The van der Waals surface area contributed by atoms with Crippen LogP contribution in [0, 0.1) is 0 Å². The maximum Gasteiger partial charge on any atom is 0.267 e. The minimum Gasteiger partial charge on any atom is -0.386 e. The summed E-state index contributed by atoms with van der Waals surface area (Å²) in [5.74, 6) is -0.561. The molecular weight excluding hydrogens is 374 g/mol. The molecule has 2 unspecified atom stereocenters. The number of rotatable bonds is 20. The fourth-order valence-electron chi connectivity index (χ4n) is 4.00. The maximum absolute atomic E-state index is 11.1. The lowest BCUT2D eigenvalue weighted by Gasteiger charge is -2.36. The zero-order valence-corrected chi connectivity index (χ0v) is 19.7. The highest BCUT2D eigenvalue weighted by atomic mass is 32.2. The molecule has 0 bridgehead atoms. The van der Waals surface area contributed by atoms with E-state index in [0.717, 1.165) is 25.9 Å². The van der Waals surface area contributed by atoms with Crippen LogP contribution in [0.4, 0.5) is 0 Å². The number of nitrogens with zero attached hydrogens (tertiary/aromatic N) is 1. The molecule has 0 aromatic carbocycles. The smallest absolute Gasteiger partial charge is 0.267 e. The molecule has 0 aliphatic heterocycles. The molecule has 0 spiro atoms. The SMILES string of the molecule is CCCCCCCCCC[N+](C)(CCCCCCCC)CC(O)CS(=O)(=O)O. The molecule has 0 aromatic heterocycles. The van der Waals surface area contributed by atoms with Crippen LogP contribution in [0.3, 0.4) is 0 Å². The van der Waals surface area contributed by atoms with E-state index in [9.17, 15) is 13.5 Å². The summed E-state index contributed by atoms with van der Waals surface area (Å²) in [6, 6.07) is 0. The summed E-state index contributed by atoms with van der Waals surface area (Å²) in [5.41, 5.74) is 0. The second-order valence-electron chi connectivity index (χ2n) is 8.89. The van der Waals surface area contributed by atoms with E-state index in [4.69, 9.17) is 4.55 Å². The third-order valence-corrected chi connectivity index (χ3v) is 6.46.